The summed E-state index contributed by atoms with van der Waals surface area (Å²) in [5, 5.41) is 11.7. The van der Waals surface area contributed by atoms with Crippen molar-refractivity contribution in [1.82, 2.24) is 9.80 Å². The van der Waals surface area contributed by atoms with Crippen LogP contribution in [-0.2, 0) is 9.59 Å². The lowest BCUT2D eigenvalue weighted by Gasteiger charge is -2.28. The van der Waals surface area contributed by atoms with Crippen LogP contribution in [0.25, 0.3) is 5.76 Å². The summed E-state index contributed by atoms with van der Waals surface area (Å²) in [6, 6.07) is 13.2. The number of hydrogen-bond acceptors (Lipinski definition) is 5. The molecule has 1 aliphatic heterocycles. The number of ketones is 1. The molecule has 194 valence electrons. The molecule has 1 heterocycles. The molecule has 1 fully saturated rings. The van der Waals surface area contributed by atoms with Gasteiger partial charge in [-0.15, -0.1) is 0 Å². The van der Waals surface area contributed by atoms with Gasteiger partial charge in [-0.2, -0.15) is 0 Å². The van der Waals surface area contributed by atoms with Gasteiger partial charge in [-0.05, 0) is 74.8 Å². The predicted octanol–water partition coefficient (Wildman–Crippen LogP) is 6.06. The van der Waals surface area contributed by atoms with Crippen LogP contribution in [0.15, 0.2) is 54.1 Å². The number of Topliss-reactive ketones (excluding diaryl/α,β-unsaturated/α-hetero) is 1. The van der Waals surface area contributed by atoms with Crippen LogP contribution in [0.3, 0.4) is 0 Å². The summed E-state index contributed by atoms with van der Waals surface area (Å²) >= 11 is 6.54. The quantitative estimate of drug-likeness (QED) is 0.200. The largest absolute Gasteiger partial charge is 0.507 e. The van der Waals surface area contributed by atoms with Gasteiger partial charge in [0.15, 0.2) is 0 Å². The number of rotatable bonds is 13. The van der Waals surface area contributed by atoms with E-state index in [1.165, 1.54) is 0 Å². The Bertz CT molecular complexity index is 1060. The molecule has 2 aromatic carbocycles. The van der Waals surface area contributed by atoms with Crippen molar-refractivity contribution in [2.75, 3.05) is 33.3 Å². The van der Waals surface area contributed by atoms with E-state index in [4.69, 9.17) is 16.3 Å². The minimum atomic E-state index is -0.750. The number of aliphatic hydroxyl groups excluding tert-OH is 1. The molecule has 1 N–H and O–H groups in total. The monoisotopic (exact) mass is 512 g/mol. The first-order chi connectivity index (χ1) is 17.4. The van der Waals surface area contributed by atoms with Crippen molar-refractivity contribution < 1.29 is 19.4 Å². The molecular formula is C29H37ClN2O4. The molecule has 1 unspecified atom stereocenters. The van der Waals surface area contributed by atoms with E-state index in [9.17, 15) is 14.7 Å². The minimum Gasteiger partial charge on any atom is -0.507 e. The summed E-state index contributed by atoms with van der Waals surface area (Å²) in [4.78, 5) is 30.5. The van der Waals surface area contributed by atoms with Crippen LogP contribution in [0.2, 0.25) is 5.02 Å². The highest BCUT2D eigenvalue weighted by atomic mass is 35.5. The summed E-state index contributed by atoms with van der Waals surface area (Å²) in [7, 11) is 1.56. The maximum Gasteiger partial charge on any atom is 0.295 e. The predicted molar refractivity (Wildman–Crippen MR) is 144 cm³/mol. The average Bonchev–Trinajstić information content (AvgIpc) is 3.14. The lowest BCUT2D eigenvalue weighted by atomic mass is 9.95. The molecule has 0 spiro atoms. The fourth-order valence-electron chi connectivity index (χ4n) is 4.60. The van der Waals surface area contributed by atoms with Gasteiger partial charge >= 0.3 is 0 Å². The number of amides is 1. The minimum absolute atomic E-state index is 0.0621. The normalized spacial score (nSPS) is 17.2. The number of carbonyl (C=O) groups excluding carboxylic acids is 2. The van der Waals surface area contributed by atoms with Gasteiger partial charge < -0.3 is 19.6 Å². The topological polar surface area (TPSA) is 70.1 Å². The summed E-state index contributed by atoms with van der Waals surface area (Å²) in [5.74, 6) is -0.882. The standard InChI is InChI=1S/C29H37ClN2O4/c1-4-6-17-31(18-7-5-2)19-10-20-32-26(23-11-8-9-12-24(23)30)25(28(34)29(32)35)27(33)21-13-15-22(36-3)16-14-21/h8-9,11-16,26,33H,4-7,10,17-20H2,1-3H3/b27-25+. The molecule has 7 heteroatoms. The molecule has 36 heavy (non-hydrogen) atoms. The molecule has 1 atom stereocenters. The van der Waals surface area contributed by atoms with Crippen LogP contribution in [0.1, 0.15) is 63.1 Å². The molecule has 1 amide bonds. The Morgan fingerprint density at radius 3 is 2.17 bits per heavy atom. The molecule has 3 rings (SSSR count). The van der Waals surface area contributed by atoms with Gasteiger partial charge in [-0.1, -0.05) is 56.5 Å². The highest BCUT2D eigenvalue weighted by Gasteiger charge is 2.46. The molecular weight excluding hydrogens is 476 g/mol. The van der Waals surface area contributed by atoms with Gasteiger partial charge in [-0.25, -0.2) is 0 Å². The molecule has 0 aliphatic carbocycles. The van der Waals surface area contributed by atoms with Gasteiger partial charge in [0, 0.05) is 17.1 Å². The first kappa shape index (κ1) is 27.8. The van der Waals surface area contributed by atoms with Crippen LogP contribution in [0.5, 0.6) is 5.75 Å². The third-order valence-corrected chi connectivity index (χ3v) is 6.98. The second-order valence-electron chi connectivity index (χ2n) is 9.14. The van der Waals surface area contributed by atoms with E-state index < -0.39 is 17.7 Å². The van der Waals surface area contributed by atoms with Gasteiger partial charge in [-0.3, -0.25) is 9.59 Å². The Morgan fingerprint density at radius 2 is 1.58 bits per heavy atom. The Labute approximate surface area is 219 Å². The third kappa shape index (κ3) is 6.48. The van der Waals surface area contributed by atoms with Gasteiger partial charge in [0.2, 0.25) is 0 Å². The van der Waals surface area contributed by atoms with Crippen LogP contribution in [0, 0.1) is 0 Å². The van der Waals surface area contributed by atoms with Crippen LogP contribution >= 0.6 is 11.6 Å². The second-order valence-corrected chi connectivity index (χ2v) is 9.55. The van der Waals surface area contributed by atoms with E-state index in [2.05, 4.69) is 18.7 Å². The Balaban J connectivity index is 1.92. The van der Waals surface area contributed by atoms with E-state index in [0.717, 1.165) is 51.7 Å². The van der Waals surface area contributed by atoms with E-state index in [0.29, 0.717) is 28.4 Å². The van der Waals surface area contributed by atoms with Crippen LogP contribution in [-0.4, -0.2) is 59.9 Å². The Morgan fingerprint density at radius 1 is 0.972 bits per heavy atom. The van der Waals surface area contributed by atoms with Gasteiger partial charge in [0.1, 0.15) is 11.5 Å². The lowest BCUT2D eigenvalue weighted by Crippen LogP contribution is -2.34. The maximum absolute atomic E-state index is 13.2. The van der Waals surface area contributed by atoms with E-state index in [-0.39, 0.29) is 11.3 Å². The fraction of sp³-hybridized carbons (Fsp3) is 0.448. The van der Waals surface area contributed by atoms with Crippen LogP contribution < -0.4 is 4.74 Å². The molecule has 0 aromatic heterocycles. The average molecular weight is 513 g/mol. The summed E-state index contributed by atoms with van der Waals surface area (Å²) < 4.78 is 5.20. The van der Waals surface area contributed by atoms with Crippen molar-refractivity contribution in [3.63, 3.8) is 0 Å². The smallest absolute Gasteiger partial charge is 0.295 e. The summed E-state index contributed by atoms with van der Waals surface area (Å²) in [6.45, 7) is 7.67. The molecule has 0 radical (unpaired) electrons. The number of halogens is 1. The van der Waals surface area contributed by atoms with E-state index >= 15 is 0 Å². The van der Waals surface area contributed by atoms with E-state index in [1.54, 1.807) is 48.4 Å². The molecule has 1 aliphatic rings. The van der Waals surface area contributed by atoms with Crippen molar-refractivity contribution in [2.45, 2.75) is 52.0 Å². The number of hydrogen-bond donors (Lipinski definition) is 1. The molecule has 0 bridgehead atoms. The number of benzene rings is 2. The molecule has 0 saturated carbocycles. The number of methoxy groups -OCH3 is 1. The zero-order chi connectivity index (χ0) is 26.1. The number of likely N-dealkylation sites (tertiary alicyclic amines) is 1. The summed E-state index contributed by atoms with van der Waals surface area (Å²) in [6.07, 6.45) is 5.26. The van der Waals surface area contributed by atoms with Gasteiger partial charge in [0.25, 0.3) is 11.7 Å². The van der Waals surface area contributed by atoms with Gasteiger partial charge in [0.05, 0.1) is 18.7 Å². The Hall–Kier alpha value is -2.83. The maximum atomic E-state index is 13.2. The zero-order valence-corrected chi connectivity index (χ0v) is 22.3. The highest BCUT2D eigenvalue weighted by Crippen LogP contribution is 2.41. The number of unbranched alkanes of at least 4 members (excludes halogenated alkanes) is 2. The second kappa shape index (κ2) is 13.5. The number of aliphatic hydroxyl groups is 1. The lowest BCUT2D eigenvalue weighted by molar-refractivity contribution is -0.140. The fourth-order valence-corrected chi connectivity index (χ4v) is 4.84. The molecule has 6 nitrogen and oxygen atoms in total. The third-order valence-electron chi connectivity index (χ3n) is 6.63. The van der Waals surface area contributed by atoms with E-state index in [1.807, 2.05) is 12.1 Å². The highest BCUT2D eigenvalue weighted by molar-refractivity contribution is 6.47. The SMILES string of the molecule is CCCCN(CCCC)CCCN1C(=O)C(=O)/C(=C(/O)c2ccc(OC)cc2)C1c1ccccc1Cl. The van der Waals surface area contributed by atoms with Crippen molar-refractivity contribution in [3.8, 4) is 5.75 Å². The number of ether oxygens (including phenoxy) is 1. The van der Waals surface area contributed by atoms with Crippen LogP contribution in [0.4, 0.5) is 0 Å². The zero-order valence-electron chi connectivity index (χ0n) is 21.5. The van der Waals surface area contributed by atoms with Crippen molar-refractivity contribution >= 4 is 29.1 Å². The van der Waals surface area contributed by atoms with Crippen molar-refractivity contribution in [2.24, 2.45) is 0 Å². The summed E-state index contributed by atoms with van der Waals surface area (Å²) in [5.41, 5.74) is 1.13. The number of nitrogens with zero attached hydrogens (tertiary/aromatic N) is 2. The first-order valence-electron chi connectivity index (χ1n) is 12.8. The number of carbonyl (C=O) groups is 2. The Kier molecular flexibility index (Phi) is 10.4. The first-order valence-corrected chi connectivity index (χ1v) is 13.2. The van der Waals surface area contributed by atoms with Crippen molar-refractivity contribution in [3.05, 3.63) is 70.3 Å². The molecule has 1 saturated heterocycles. The molecule has 2 aromatic rings. The van der Waals surface area contributed by atoms with Crippen molar-refractivity contribution in [1.29, 1.82) is 0 Å².